The zero-order chi connectivity index (χ0) is 16.7. The van der Waals surface area contributed by atoms with Crippen molar-refractivity contribution in [2.45, 2.75) is 50.9 Å². The molecule has 1 aromatic rings. The smallest absolute Gasteiger partial charge is 0.233 e. The van der Waals surface area contributed by atoms with Crippen molar-refractivity contribution in [1.82, 2.24) is 10.2 Å². The molecule has 1 aliphatic carbocycles. The van der Waals surface area contributed by atoms with Crippen LogP contribution in [-0.2, 0) is 10.2 Å². The van der Waals surface area contributed by atoms with Crippen molar-refractivity contribution in [3.8, 4) is 0 Å². The number of benzene rings is 1. The van der Waals surface area contributed by atoms with Gasteiger partial charge in [-0.1, -0.05) is 51.0 Å². The molecule has 0 radical (unpaired) electrons. The van der Waals surface area contributed by atoms with Gasteiger partial charge in [0, 0.05) is 26.2 Å². The Kier molecular flexibility index (Phi) is 5.45. The molecule has 2 heterocycles. The molecule has 3 nitrogen and oxygen atoms in total. The van der Waals surface area contributed by atoms with Crippen LogP contribution in [0, 0.1) is 11.8 Å². The molecule has 0 spiro atoms. The summed E-state index contributed by atoms with van der Waals surface area (Å²) in [4.78, 5) is 15.7. The Morgan fingerprint density at radius 1 is 1.08 bits per heavy atom. The standard InChI is InChI=1S/C21H30N2O.ClH/c1-15(2)16-5-7-19(8-6-16)21(9-3-4-10-21)20(24)23-13-17-11-22-12-18(17)14-23;/h5-8,15,17-18,22H,3-4,9-14H2,1-2H3;1H/t17-,18+;. The van der Waals surface area contributed by atoms with E-state index in [2.05, 4.69) is 48.3 Å². The normalized spacial score (nSPS) is 27.4. The van der Waals surface area contributed by atoms with Gasteiger partial charge in [-0.25, -0.2) is 0 Å². The van der Waals surface area contributed by atoms with E-state index in [1.807, 2.05) is 0 Å². The summed E-state index contributed by atoms with van der Waals surface area (Å²) in [7, 11) is 0. The Morgan fingerprint density at radius 2 is 1.64 bits per heavy atom. The summed E-state index contributed by atoms with van der Waals surface area (Å²) in [5, 5.41) is 3.47. The van der Waals surface area contributed by atoms with Crippen LogP contribution in [0.15, 0.2) is 24.3 Å². The number of rotatable bonds is 3. The molecule has 3 fully saturated rings. The predicted octanol–water partition coefficient (Wildman–Crippen LogP) is 3.72. The number of amides is 1. The number of hydrogen-bond acceptors (Lipinski definition) is 2. The first-order valence-corrected chi connectivity index (χ1v) is 9.71. The van der Waals surface area contributed by atoms with Crippen LogP contribution in [0.3, 0.4) is 0 Å². The Balaban J connectivity index is 0.00000182. The van der Waals surface area contributed by atoms with Gasteiger partial charge in [0.15, 0.2) is 0 Å². The molecule has 0 aromatic heterocycles. The second-order valence-corrected chi connectivity index (χ2v) is 8.45. The highest BCUT2D eigenvalue weighted by atomic mass is 35.5. The monoisotopic (exact) mass is 362 g/mol. The van der Waals surface area contributed by atoms with Gasteiger partial charge in [0.1, 0.15) is 0 Å². The van der Waals surface area contributed by atoms with Gasteiger partial charge >= 0.3 is 0 Å². The minimum Gasteiger partial charge on any atom is -0.341 e. The quantitative estimate of drug-likeness (QED) is 0.888. The minimum atomic E-state index is -0.248. The zero-order valence-electron chi connectivity index (χ0n) is 15.5. The summed E-state index contributed by atoms with van der Waals surface area (Å²) in [6.07, 6.45) is 4.41. The first-order valence-electron chi connectivity index (χ1n) is 9.71. The summed E-state index contributed by atoms with van der Waals surface area (Å²) < 4.78 is 0. The maximum atomic E-state index is 13.5. The summed E-state index contributed by atoms with van der Waals surface area (Å²) >= 11 is 0. The third-order valence-corrected chi connectivity index (χ3v) is 6.67. The molecule has 1 amide bonds. The summed E-state index contributed by atoms with van der Waals surface area (Å²) in [5.41, 5.74) is 2.37. The van der Waals surface area contributed by atoms with Crippen LogP contribution in [0.2, 0.25) is 0 Å². The maximum Gasteiger partial charge on any atom is 0.233 e. The van der Waals surface area contributed by atoms with E-state index in [0.29, 0.717) is 23.7 Å². The fourth-order valence-corrected chi connectivity index (χ4v) is 5.12. The number of nitrogens with zero attached hydrogens (tertiary/aromatic N) is 1. The molecule has 2 atom stereocenters. The van der Waals surface area contributed by atoms with Gasteiger partial charge in [0.05, 0.1) is 5.41 Å². The van der Waals surface area contributed by atoms with Crippen molar-refractivity contribution in [3.63, 3.8) is 0 Å². The molecule has 2 aliphatic heterocycles. The van der Waals surface area contributed by atoms with Crippen molar-refractivity contribution in [3.05, 3.63) is 35.4 Å². The molecule has 0 unspecified atom stereocenters. The molecule has 0 bridgehead atoms. The lowest BCUT2D eigenvalue weighted by molar-refractivity contribution is -0.136. The third-order valence-electron chi connectivity index (χ3n) is 6.67. The van der Waals surface area contributed by atoms with E-state index in [-0.39, 0.29) is 17.8 Å². The largest absolute Gasteiger partial charge is 0.341 e. The van der Waals surface area contributed by atoms with Gasteiger partial charge in [-0.2, -0.15) is 0 Å². The van der Waals surface area contributed by atoms with Crippen molar-refractivity contribution in [2.75, 3.05) is 26.2 Å². The van der Waals surface area contributed by atoms with Crippen molar-refractivity contribution >= 4 is 18.3 Å². The van der Waals surface area contributed by atoms with Crippen LogP contribution in [0.5, 0.6) is 0 Å². The van der Waals surface area contributed by atoms with Crippen LogP contribution >= 0.6 is 12.4 Å². The lowest BCUT2D eigenvalue weighted by atomic mass is 9.77. The van der Waals surface area contributed by atoms with E-state index in [1.54, 1.807) is 0 Å². The van der Waals surface area contributed by atoms with Gasteiger partial charge in [0.25, 0.3) is 0 Å². The van der Waals surface area contributed by atoms with Crippen LogP contribution in [0.25, 0.3) is 0 Å². The fourth-order valence-electron chi connectivity index (χ4n) is 5.12. The highest BCUT2D eigenvalue weighted by Crippen LogP contribution is 2.44. The number of hydrogen-bond donors (Lipinski definition) is 1. The molecule has 25 heavy (non-hydrogen) atoms. The van der Waals surface area contributed by atoms with E-state index in [1.165, 1.54) is 24.0 Å². The molecule has 1 saturated carbocycles. The molecule has 4 rings (SSSR count). The fraction of sp³-hybridized carbons (Fsp3) is 0.667. The number of fused-ring (bicyclic) bond motifs is 1. The number of carbonyl (C=O) groups is 1. The average molecular weight is 363 g/mol. The van der Waals surface area contributed by atoms with Crippen LogP contribution < -0.4 is 5.32 Å². The van der Waals surface area contributed by atoms with Gasteiger partial charge in [-0.15, -0.1) is 12.4 Å². The molecule has 1 N–H and O–H groups in total. The SMILES string of the molecule is CC(C)c1ccc(C2(C(=O)N3C[C@H]4CNC[C@H]4C3)CCCC2)cc1.Cl. The van der Waals surface area contributed by atoms with Gasteiger partial charge in [-0.05, 0) is 41.7 Å². The van der Waals surface area contributed by atoms with E-state index < -0.39 is 0 Å². The number of carbonyl (C=O) groups excluding carboxylic acids is 1. The lowest BCUT2D eigenvalue weighted by Gasteiger charge is -2.33. The number of likely N-dealkylation sites (tertiary alicyclic amines) is 1. The van der Waals surface area contributed by atoms with Gasteiger partial charge in [0.2, 0.25) is 5.91 Å². The van der Waals surface area contributed by atoms with Gasteiger partial charge < -0.3 is 10.2 Å². The topological polar surface area (TPSA) is 32.3 Å². The number of nitrogens with one attached hydrogen (secondary N) is 1. The molecule has 1 aromatic carbocycles. The van der Waals surface area contributed by atoms with Crippen molar-refractivity contribution in [1.29, 1.82) is 0 Å². The van der Waals surface area contributed by atoms with E-state index in [0.717, 1.165) is 39.0 Å². The van der Waals surface area contributed by atoms with Crippen LogP contribution in [-0.4, -0.2) is 37.0 Å². The first-order chi connectivity index (χ1) is 11.6. The predicted molar refractivity (Wildman–Crippen MR) is 104 cm³/mol. The molecular formula is C21H31ClN2O. The number of halogens is 1. The Labute approximate surface area is 158 Å². The second-order valence-electron chi connectivity index (χ2n) is 8.45. The second kappa shape index (κ2) is 7.28. The summed E-state index contributed by atoms with van der Waals surface area (Å²) in [5.74, 6) is 2.30. The Bertz CT molecular complexity index is 595. The maximum absolute atomic E-state index is 13.5. The highest BCUT2D eigenvalue weighted by molar-refractivity contribution is 5.89. The third kappa shape index (κ3) is 3.21. The summed E-state index contributed by atoms with van der Waals surface area (Å²) in [6, 6.07) is 8.93. The van der Waals surface area contributed by atoms with E-state index in [4.69, 9.17) is 0 Å². The lowest BCUT2D eigenvalue weighted by Crippen LogP contribution is -2.45. The zero-order valence-corrected chi connectivity index (χ0v) is 16.3. The van der Waals surface area contributed by atoms with E-state index >= 15 is 0 Å². The highest BCUT2D eigenvalue weighted by Gasteiger charge is 2.48. The van der Waals surface area contributed by atoms with Crippen LogP contribution in [0.4, 0.5) is 0 Å². The van der Waals surface area contributed by atoms with Crippen molar-refractivity contribution in [2.24, 2.45) is 11.8 Å². The first kappa shape index (κ1) is 18.7. The van der Waals surface area contributed by atoms with Crippen molar-refractivity contribution < 1.29 is 4.79 Å². The van der Waals surface area contributed by atoms with Crippen LogP contribution in [0.1, 0.15) is 56.6 Å². The average Bonchev–Trinajstić information content (AvgIpc) is 3.30. The van der Waals surface area contributed by atoms with Gasteiger partial charge in [-0.3, -0.25) is 4.79 Å². The Morgan fingerprint density at radius 3 is 2.16 bits per heavy atom. The van der Waals surface area contributed by atoms with E-state index in [9.17, 15) is 4.79 Å². The molecule has 3 aliphatic rings. The minimum absolute atomic E-state index is 0. The molecule has 4 heteroatoms. The molecule has 2 saturated heterocycles. The molecule has 138 valence electrons. The summed E-state index contributed by atoms with van der Waals surface area (Å²) in [6.45, 7) is 8.55. The molecular weight excluding hydrogens is 332 g/mol. The Hall–Kier alpha value is -1.06.